The minimum atomic E-state index is -0.200. The first kappa shape index (κ1) is 13.1. The van der Waals surface area contributed by atoms with Crippen LogP contribution in [0, 0.1) is 5.82 Å². The summed E-state index contributed by atoms with van der Waals surface area (Å²) in [5.41, 5.74) is 1.11. The van der Waals surface area contributed by atoms with Gasteiger partial charge >= 0.3 is 0 Å². The number of hydrogen-bond acceptors (Lipinski definition) is 2. The van der Waals surface area contributed by atoms with E-state index in [0.29, 0.717) is 11.7 Å². The molecular formula is C13H15ClFN3. The van der Waals surface area contributed by atoms with Crippen molar-refractivity contribution in [2.75, 3.05) is 6.54 Å². The van der Waals surface area contributed by atoms with Gasteiger partial charge in [0.15, 0.2) is 0 Å². The van der Waals surface area contributed by atoms with Crippen molar-refractivity contribution in [1.82, 2.24) is 14.9 Å². The fraction of sp³-hybridized carbons (Fsp3) is 0.308. The monoisotopic (exact) mass is 267 g/mol. The Labute approximate surface area is 111 Å². The van der Waals surface area contributed by atoms with Gasteiger partial charge in [0, 0.05) is 7.05 Å². The molecule has 0 aliphatic heterocycles. The lowest BCUT2D eigenvalue weighted by molar-refractivity contribution is 0.623. The van der Waals surface area contributed by atoms with E-state index >= 15 is 0 Å². The zero-order chi connectivity index (χ0) is 13.0. The smallest absolute Gasteiger partial charge is 0.128 e. The second-order valence-electron chi connectivity index (χ2n) is 4.11. The molecular weight excluding hydrogens is 253 g/mol. The summed E-state index contributed by atoms with van der Waals surface area (Å²) in [6.45, 7) is 1.49. The van der Waals surface area contributed by atoms with Crippen LogP contribution in [0.4, 0.5) is 4.39 Å². The summed E-state index contributed by atoms with van der Waals surface area (Å²) < 4.78 is 14.5. The van der Waals surface area contributed by atoms with E-state index in [4.69, 9.17) is 11.6 Å². The zero-order valence-corrected chi connectivity index (χ0v) is 10.9. The van der Waals surface area contributed by atoms with E-state index in [-0.39, 0.29) is 5.82 Å². The van der Waals surface area contributed by atoms with Crippen LogP contribution >= 0.6 is 11.6 Å². The Kier molecular flexibility index (Phi) is 4.33. The number of nitrogens with zero attached hydrogens (tertiary/aromatic N) is 2. The number of aromatic nitrogens is 2. The van der Waals surface area contributed by atoms with E-state index in [0.717, 1.165) is 24.4 Å². The molecule has 0 aliphatic carbocycles. The van der Waals surface area contributed by atoms with Crippen molar-refractivity contribution in [3.63, 3.8) is 0 Å². The fourth-order valence-corrected chi connectivity index (χ4v) is 1.82. The minimum Gasteiger partial charge on any atom is -0.321 e. The molecule has 0 radical (unpaired) electrons. The molecule has 96 valence electrons. The van der Waals surface area contributed by atoms with Gasteiger partial charge in [-0.2, -0.15) is 0 Å². The predicted molar refractivity (Wildman–Crippen MR) is 70.0 cm³/mol. The highest BCUT2D eigenvalue weighted by molar-refractivity contribution is 6.29. The average molecular weight is 268 g/mol. The third-order valence-corrected chi connectivity index (χ3v) is 3.17. The number of imidazole rings is 1. The molecule has 0 unspecified atom stereocenters. The van der Waals surface area contributed by atoms with Crippen LogP contribution < -0.4 is 5.32 Å². The second-order valence-corrected chi connectivity index (χ2v) is 4.50. The molecule has 0 bridgehead atoms. The van der Waals surface area contributed by atoms with Crippen LogP contribution in [-0.4, -0.2) is 16.1 Å². The van der Waals surface area contributed by atoms with E-state index in [1.54, 1.807) is 18.3 Å². The van der Waals surface area contributed by atoms with Gasteiger partial charge in [0.05, 0.1) is 12.7 Å². The molecule has 0 saturated heterocycles. The first-order valence-electron chi connectivity index (χ1n) is 5.78. The van der Waals surface area contributed by atoms with E-state index < -0.39 is 0 Å². The number of rotatable bonds is 5. The van der Waals surface area contributed by atoms with Crippen LogP contribution in [0.1, 0.15) is 11.4 Å². The molecule has 0 fully saturated rings. The lowest BCUT2D eigenvalue weighted by Crippen LogP contribution is -2.19. The Balaban J connectivity index is 1.76. The summed E-state index contributed by atoms with van der Waals surface area (Å²) in [5.74, 6) is 0.702. The Hall–Kier alpha value is -1.39. The Morgan fingerprint density at radius 1 is 1.33 bits per heavy atom. The first-order valence-corrected chi connectivity index (χ1v) is 6.16. The topological polar surface area (TPSA) is 29.9 Å². The van der Waals surface area contributed by atoms with Crippen molar-refractivity contribution in [2.24, 2.45) is 7.05 Å². The van der Waals surface area contributed by atoms with Gasteiger partial charge < -0.3 is 9.88 Å². The maximum absolute atomic E-state index is 12.7. The van der Waals surface area contributed by atoms with Gasteiger partial charge in [0.2, 0.25) is 0 Å². The number of halogens is 2. The third-order valence-electron chi connectivity index (χ3n) is 2.81. The van der Waals surface area contributed by atoms with E-state index in [2.05, 4.69) is 10.3 Å². The van der Waals surface area contributed by atoms with Crippen molar-refractivity contribution >= 4 is 11.6 Å². The summed E-state index contributed by atoms with van der Waals surface area (Å²) in [4.78, 5) is 4.19. The van der Waals surface area contributed by atoms with Crippen molar-refractivity contribution in [3.8, 4) is 0 Å². The van der Waals surface area contributed by atoms with Crippen molar-refractivity contribution in [2.45, 2.75) is 13.0 Å². The Morgan fingerprint density at radius 2 is 2.06 bits per heavy atom. The fourth-order valence-electron chi connectivity index (χ4n) is 1.67. The molecule has 18 heavy (non-hydrogen) atoms. The average Bonchev–Trinajstić information content (AvgIpc) is 2.68. The molecule has 1 aromatic heterocycles. The molecule has 0 atom stereocenters. The Morgan fingerprint density at radius 3 is 2.67 bits per heavy atom. The normalized spacial score (nSPS) is 10.8. The molecule has 2 aromatic rings. The van der Waals surface area contributed by atoms with Gasteiger partial charge in [-0.1, -0.05) is 23.7 Å². The van der Waals surface area contributed by atoms with E-state index in [1.807, 2.05) is 11.6 Å². The summed E-state index contributed by atoms with van der Waals surface area (Å²) >= 11 is 5.89. The third kappa shape index (κ3) is 3.31. The molecule has 3 nitrogen and oxygen atoms in total. The molecule has 1 heterocycles. The van der Waals surface area contributed by atoms with Gasteiger partial charge in [-0.25, -0.2) is 9.37 Å². The summed E-state index contributed by atoms with van der Waals surface area (Å²) in [6, 6.07) is 6.56. The van der Waals surface area contributed by atoms with Gasteiger partial charge in [-0.05, 0) is 30.7 Å². The van der Waals surface area contributed by atoms with Crippen LogP contribution in [0.25, 0.3) is 0 Å². The summed E-state index contributed by atoms with van der Waals surface area (Å²) in [6.07, 6.45) is 2.50. The molecule has 2 rings (SSSR count). The molecule has 1 N–H and O–H groups in total. The van der Waals surface area contributed by atoms with E-state index in [1.165, 1.54) is 12.1 Å². The Bertz CT molecular complexity index is 507. The SMILES string of the molecule is Cn1c(Cl)cnc1CNCCc1ccc(F)cc1. The van der Waals surface area contributed by atoms with Crippen molar-refractivity contribution < 1.29 is 4.39 Å². The number of benzene rings is 1. The lowest BCUT2D eigenvalue weighted by Gasteiger charge is -2.05. The van der Waals surface area contributed by atoms with Crippen molar-refractivity contribution in [3.05, 3.63) is 52.8 Å². The quantitative estimate of drug-likeness (QED) is 0.844. The summed E-state index contributed by atoms with van der Waals surface area (Å²) in [5, 5.41) is 3.91. The molecule has 0 spiro atoms. The summed E-state index contributed by atoms with van der Waals surface area (Å²) in [7, 11) is 1.88. The van der Waals surface area contributed by atoms with Gasteiger partial charge in [-0.3, -0.25) is 0 Å². The molecule has 0 amide bonds. The predicted octanol–water partition coefficient (Wildman–Crippen LogP) is 2.54. The van der Waals surface area contributed by atoms with Crippen LogP contribution in [0.2, 0.25) is 5.15 Å². The van der Waals surface area contributed by atoms with Crippen LogP contribution in [0.5, 0.6) is 0 Å². The largest absolute Gasteiger partial charge is 0.321 e. The maximum atomic E-state index is 12.7. The maximum Gasteiger partial charge on any atom is 0.128 e. The molecule has 0 saturated carbocycles. The zero-order valence-electron chi connectivity index (χ0n) is 10.2. The minimum absolute atomic E-state index is 0.200. The molecule has 1 aromatic carbocycles. The first-order chi connectivity index (χ1) is 8.66. The number of hydrogen-bond donors (Lipinski definition) is 1. The van der Waals surface area contributed by atoms with Crippen LogP contribution in [-0.2, 0) is 20.0 Å². The van der Waals surface area contributed by atoms with Gasteiger partial charge in [-0.15, -0.1) is 0 Å². The standard InChI is InChI=1S/C13H15ClFN3/c1-18-12(14)8-17-13(18)9-16-7-6-10-2-4-11(15)5-3-10/h2-5,8,16H,6-7,9H2,1H3. The molecule has 0 aliphatic rings. The highest BCUT2D eigenvalue weighted by atomic mass is 35.5. The van der Waals surface area contributed by atoms with Gasteiger partial charge in [0.1, 0.15) is 16.8 Å². The van der Waals surface area contributed by atoms with Gasteiger partial charge in [0.25, 0.3) is 0 Å². The lowest BCUT2D eigenvalue weighted by atomic mass is 10.1. The van der Waals surface area contributed by atoms with Crippen LogP contribution in [0.3, 0.4) is 0 Å². The highest BCUT2D eigenvalue weighted by Gasteiger charge is 2.03. The highest BCUT2D eigenvalue weighted by Crippen LogP contribution is 2.08. The molecule has 5 heteroatoms. The second kappa shape index (κ2) is 5.98. The van der Waals surface area contributed by atoms with Crippen molar-refractivity contribution in [1.29, 1.82) is 0 Å². The van der Waals surface area contributed by atoms with E-state index in [9.17, 15) is 4.39 Å². The number of nitrogens with one attached hydrogen (secondary N) is 1. The van der Waals surface area contributed by atoms with Crippen LogP contribution in [0.15, 0.2) is 30.5 Å².